The standard InChI is InChI=1S/C26H29Cl2N3OS/c1-13-4-7-20(19(27)8-13)31-23-17(9-15-10-21(28)33-24(15)23)22(30-31)25(32)29-12-14-5-6-16-11-18(14)26(16,2)3/h7-8,10,13-14,16,18H,4-6,9,11-12H2,1-3H3,(H,29,32). The largest absolute Gasteiger partial charge is 0.350 e. The van der Waals surface area contributed by atoms with E-state index in [1.165, 1.54) is 24.8 Å². The molecule has 2 bridgehead atoms. The molecule has 5 aliphatic carbocycles. The molecule has 0 saturated heterocycles. The maximum atomic E-state index is 13.4. The molecule has 0 spiro atoms. The average molecular weight is 503 g/mol. The van der Waals surface area contributed by atoms with Crippen LogP contribution >= 0.6 is 34.5 Å². The Labute approximate surface area is 209 Å². The van der Waals surface area contributed by atoms with Crippen LogP contribution in [0.1, 0.15) is 68.1 Å². The van der Waals surface area contributed by atoms with E-state index in [4.69, 9.17) is 28.3 Å². The van der Waals surface area contributed by atoms with Crippen molar-refractivity contribution in [3.05, 3.63) is 44.4 Å². The van der Waals surface area contributed by atoms with Crippen LogP contribution in [-0.2, 0) is 6.42 Å². The van der Waals surface area contributed by atoms with E-state index in [9.17, 15) is 4.79 Å². The minimum atomic E-state index is -0.0737. The van der Waals surface area contributed by atoms with E-state index in [0.717, 1.165) is 45.1 Å². The van der Waals surface area contributed by atoms with Crippen LogP contribution in [0.2, 0.25) is 4.34 Å². The highest BCUT2D eigenvalue weighted by atomic mass is 35.5. The van der Waals surface area contributed by atoms with Gasteiger partial charge in [-0.1, -0.05) is 56.1 Å². The number of carbonyl (C=O) groups is 1. The number of fused-ring (bicyclic) bond motifs is 5. The Morgan fingerprint density at radius 2 is 2.15 bits per heavy atom. The molecule has 0 aliphatic heterocycles. The molecule has 2 aromatic heterocycles. The van der Waals surface area contributed by atoms with Crippen LogP contribution in [0.4, 0.5) is 0 Å². The molecule has 4 unspecified atom stereocenters. The molecule has 0 radical (unpaired) electrons. The zero-order valence-electron chi connectivity index (χ0n) is 19.3. The van der Waals surface area contributed by atoms with Crippen molar-refractivity contribution in [3.8, 4) is 10.6 Å². The number of amides is 1. The molecule has 33 heavy (non-hydrogen) atoms. The van der Waals surface area contributed by atoms with Crippen molar-refractivity contribution in [1.29, 1.82) is 0 Å². The lowest BCUT2D eigenvalue weighted by molar-refractivity contribution is -0.103. The first-order valence-electron chi connectivity index (χ1n) is 12.0. The Hall–Kier alpha value is -1.56. The van der Waals surface area contributed by atoms with Crippen molar-refractivity contribution >= 4 is 46.1 Å². The van der Waals surface area contributed by atoms with Gasteiger partial charge in [0.25, 0.3) is 5.91 Å². The van der Waals surface area contributed by atoms with E-state index in [2.05, 4.69) is 38.2 Å². The first kappa shape index (κ1) is 21.9. The maximum Gasteiger partial charge on any atom is 0.272 e. The number of allylic oxidation sites excluding steroid dienone is 4. The second-order valence-electron chi connectivity index (χ2n) is 10.9. The molecular weight excluding hydrogens is 473 g/mol. The van der Waals surface area contributed by atoms with Gasteiger partial charge in [0.2, 0.25) is 0 Å². The second-order valence-corrected chi connectivity index (χ2v) is 13.0. The van der Waals surface area contributed by atoms with Gasteiger partial charge in [-0.15, -0.1) is 11.3 Å². The SMILES string of the molecule is CC1C=C(Cl)C(n2nc(C(=O)NCC3CCC4CC3C4(C)C)c3c2-c2sc(Cl)cc2C3)=CC1. The summed E-state index contributed by atoms with van der Waals surface area (Å²) in [5.74, 6) is 2.46. The topological polar surface area (TPSA) is 46.9 Å². The number of hydrogen-bond acceptors (Lipinski definition) is 3. The lowest BCUT2D eigenvalue weighted by Crippen LogP contribution is -2.54. The highest BCUT2D eigenvalue weighted by Gasteiger charge is 2.54. The summed E-state index contributed by atoms with van der Waals surface area (Å²) >= 11 is 14.5. The van der Waals surface area contributed by atoms with Crippen molar-refractivity contribution in [2.24, 2.45) is 29.1 Å². The number of nitrogens with one attached hydrogen (secondary N) is 1. The lowest BCUT2D eigenvalue weighted by Gasteiger charge is -2.60. The third kappa shape index (κ3) is 3.37. The number of carbonyl (C=O) groups excluding carboxylic acids is 1. The quantitative estimate of drug-likeness (QED) is 0.419. The first-order valence-corrected chi connectivity index (χ1v) is 13.6. The van der Waals surface area contributed by atoms with E-state index < -0.39 is 0 Å². The van der Waals surface area contributed by atoms with Crippen molar-refractivity contribution in [2.75, 3.05) is 6.54 Å². The van der Waals surface area contributed by atoms with Crippen LogP contribution in [-0.4, -0.2) is 22.2 Å². The van der Waals surface area contributed by atoms with Gasteiger partial charge in [0.15, 0.2) is 5.69 Å². The Kier molecular flexibility index (Phi) is 5.14. The van der Waals surface area contributed by atoms with Crippen LogP contribution in [0, 0.1) is 29.1 Å². The summed E-state index contributed by atoms with van der Waals surface area (Å²) in [4.78, 5) is 14.5. The van der Waals surface area contributed by atoms with E-state index in [1.54, 1.807) is 11.3 Å². The van der Waals surface area contributed by atoms with E-state index in [1.807, 2.05) is 10.7 Å². The monoisotopic (exact) mass is 501 g/mol. The Balaban J connectivity index is 1.31. The molecule has 2 aromatic rings. The number of aromatic nitrogens is 2. The summed E-state index contributed by atoms with van der Waals surface area (Å²) in [7, 11) is 0. The molecule has 1 amide bonds. The number of hydrogen-bond donors (Lipinski definition) is 1. The highest BCUT2D eigenvalue weighted by molar-refractivity contribution is 7.19. The minimum Gasteiger partial charge on any atom is -0.350 e. The smallest absolute Gasteiger partial charge is 0.272 e. The van der Waals surface area contributed by atoms with Gasteiger partial charge in [-0.3, -0.25) is 4.79 Å². The van der Waals surface area contributed by atoms with Gasteiger partial charge in [0.1, 0.15) is 0 Å². The van der Waals surface area contributed by atoms with Crippen LogP contribution in [0.5, 0.6) is 0 Å². The number of nitrogens with zero attached hydrogens (tertiary/aromatic N) is 2. The fourth-order valence-electron chi connectivity index (χ4n) is 6.63. The molecule has 4 atom stereocenters. The second kappa shape index (κ2) is 7.73. The predicted molar refractivity (Wildman–Crippen MR) is 136 cm³/mol. The van der Waals surface area contributed by atoms with Crippen molar-refractivity contribution in [3.63, 3.8) is 0 Å². The summed E-state index contributed by atoms with van der Waals surface area (Å²) in [6.45, 7) is 7.67. The van der Waals surface area contributed by atoms with Crippen LogP contribution in [0.25, 0.3) is 16.3 Å². The summed E-state index contributed by atoms with van der Waals surface area (Å²) in [5, 5.41) is 8.77. The van der Waals surface area contributed by atoms with Crippen LogP contribution < -0.4 is 5.32 Å². The number of rotatable bonds is 4. The molecule has 0 aromatic carbocycles. The van der Waals surface area contributed by atoms with Gasteiger partial charge < -0.3 is 5.32 Å². The van der Waals surface area contributed by atoms with Crippen LogP contribution in [0.3, 0.4) is 0 Å². The average Bonchev–Trinajstić information content (AvgIpc) is 3.41. The Morgan fingerprint density at radius 1 is 1.33 bits per heavy atom. The first-order chi connectivity index (χ1) is 15.7. The normalized spacial score (nSPS) is 29.0. The highest BCUT2D eigenvalue weighted by Crippen LogP contribution is 2.61. The molecule has 3 fully saturated rings. The summed E-state index contributed by atoms with van der Waals surface area (Å²) in [5.41, 5.74) is 4.92. The van der Waals surface area contributed by atoms with E-state index in [-0.39, 0.29) is 5.91 Å². The lowest BCUT2D eigenvalue weighted by atomic mass is 9.45. The number of thiophene rings is 1. The third-order valence-corrected chi connectivity index (χ3v) is 10.3. The summed E-state index contributed by atoms with van der Waals surface area (Å²) in [6.07, 6.45) is 9.60. The van der Waals surface area contributed by atoms with Gasteiger partial charge in [0, 0.05) is 18.5 Å². The van der Waals surface area contributed by atoms with Gasteiger partial charge in [-0.05, 0) is 66.4 Å². The number of halogens is 2. The minimum absolute atomic E-state index is 0.0737. The van der Waals surface area contributed by atoms with Gasteiger partial charge >= 0.3 is 0 Å². The van der Waals surface area contributed by atoms with Gasteiger partial charge in [0.05, 0.1) is 25.6 Å². The molecule has 174 valence electrons. The molecule has 5 aliphatic rings. The Morgan fingerprint density at radius 3 is 2.88 bits per heavy atom. The van der Waals surface area contributed by atoms with E-state index >= 15 is 0 Å². The molecule has 4 nitrogen and oxygen atoms in total. The maximum absolute atomic E-state index is 13.4. The van der Waals surface area contributed by atoms with Crippen LogP contribution in [0.15, 0.2) is 23.3 Å². The third-order valence-electron chi connectivity index (χ3n) is 8.67. The molecular formula is C26H29Cl2N3OS. The molecule has 1 N–H and O–H groups in total. The van der Waals surface area contributed by atoms with Crippen molar-refractivity contribution in [2.45, 2.75) is 52.9 Å². The predicted octanol–water partition coefficient (Wildman–Crippen LogP) is 6.97. The molecule has 3 saturated carbocycles. The van der Waals surface area contributed by atoms with Crippen molar-refractivity contribution in [1.82, 2.24) is 15.1 Å². The van der Waals surface area contributed by atoms with Gasteiger partial charge in [-0.2, -0.15) is 5.10 Å². The molecule has 2 heterocycles. The Bertz CT molecular complexity index is 1220. The van der Waals surface area contributed by atoms with E-state index in [0.29, 0.717) is 40.3 Å². The zero-order chi connectivity index (χ0) is 23.1. The molecule has 7 rings (SSSR count). The fraction of sp³-hybridized carbons (Fsp3) is 0.538. The summed E-state index contributed by atoms with van der Waals surface area (Å²) in [6, 6.07) is 2.01. The summed E-state index contributed by atoms with van der Waals surface area (Å²) < 4.78 is 2.64. The zero-order valence-corrected chi connectivity index (χ0v) is 21.6. The molecule has 7 heteroatoms. The van der Waals surface area contributed by atoms with Crippen molar-refractivity contribution < 1.29 is 4.79 Å². The van der Waals surface area contributed by atoms with Gasteiger partial charge in [-0.25, -0.2) is 4.68 Å². The fourth-order valence-corrected chi connectivity index (χ4v) is 8.33.